The van der Waals surface area contributed by atoms with E-state index in [1.807, 2.05) is 14.0 Å². The Morgan fingerprint density at radius 1 is 1.17 bits per heavy atom. The molecule has 132 valence electrons. The fourth-order valence-electron chi connectivity index (χ4n) is 2.31. The van der Waals surface area contributed by atoms with Gasteiger partial charge in [0.2, 0.25) is 11.6 Å². The maximum Gasteiger partial charge on any atom is 0.243 e. The Kier molecular flexibility index (Phi) is 9.46. The van der Waals surface area contributed by atoms with Crippen LogP contribution < -0.4 is 0 Å². The normalized spacial score (nSPS) is 13.1. The molecule has 23 heavy (non-hydrogen) atoms. The molecule has 0 saturated carbocycles. The maximum atomic E-state index is 12.2. The van der Waals surface area contributed by atoms with Crippen molar-refractivity contribution >= 4 is 5.91 Å². The van der Waals surface area contributed by atoms with E-state index in [2.05, 4.69) is 20.8 Å². The summed E-state index contributed by atoms with van der Waals surface area (Å²) in [4.78, 5) is 24.0. The van der Waals surface area contributed by atoms with Crippen LogP contribution in [0.1, 0.15) is 66.7 Å². The van der Waals surface area contributed by atoms with Gasteiger partial charge >= 0.3 is 0 Å². The monoisotopic (exact) mass is 324 g/mol. The standard InChI is InChI=1S/C18H32N2O3/c1-7-12-18(4,5)13-10-17(21)19(6)14-11-15(2)8-9-16(3)20(22)23/h8-9H,7,10-14H2,1-6H3/b15-8+,16-9+. The molecule has 0 unspecified atom stereocenters. The molecular weight excluding hydrogens is 292 g/mol. The van der Waals surface area contributed by atoms with E-state index in [0.29, 0.717) is 13.0 Å². The van der Waals surface area contributed by atoms with E-state index in [1.54, 1.807) is 11.0 Å². The molecule has 0 radical (unpaired) electrons. The minimum Gasteiger partial charge on any atom is -0.345 e. The molecule has 0 aliphatic heterocycles. The molecule has 0 N–H and O–H groups in total. The Labute approximate surface area is 140 Å². The Hall–Kier alpha value is -1.65. The van der Waals surface area contributed by atoms with Crippen LogP contribution in [0.2, 0.25) is 0 Å². The lowest BCUT2D eigenvalue weighted by Gasteiger charge is -2.25. The third-order valence-corrected chi connectivity index (χ3v) is 4.11. The van der Waals surface area contributed by atoms with Gasteiger partial charge in [0.05, 0.1) is 4.92 Å². The molecule has 0 fully saturated rings. The van der Waals surface area contributed by atoms with Crippen LogP contribution in [0.3, 0.4) is 0 Å². The van der Waals surface area contributed by atoms with E-state index in [0.717, 1.165) is 31.3 Å². The van der Waals surface area contributed by atoms with Crippen LogP contribution >= 0.6 is 0 Å². The maximum absolute atomic E-state index is 12.2. The van der Waals surface area contributed by atoms with Crippen molar-refractivity contribution in [2.45, 2.75) is 66.7 Å². The molecule has 0 spiro atoms. The summed E-state index contributed by atoms with van der Waals surface area (Å²) in [7, 11) is 1.82. The van der Waals surface area contributed by atoms with Crippen molar-refractivity contribution in [3.05, 3.63) is 33.5 Å². The van der Waals surface area contributed by atoms with E-state index in [1.165, 1.54) is 13.0 Å². The molecule has 0 rings (SSSR count). The van der Waals surface area contributed by atoms with Crippen LogP contribution in [0.25, 0.3) is 0 Å². The highest BCUT2D eigenvalue weighted by atomic mass is 16.6. The fourth-order valence-corrected chi connectivity index (χ4v) is 2.31. The van der Waals surface area contributed by atoms with Crippen LogP contribution in [0.5, 0.6) is 0 Å². The van der Waals surface area contributed by atoms with E-state index in [4.69, 9.17) is 0 Å². The number of rotatable bonds is 10. The Bertz CT molecular complexity index is 465. The molecule has 0 bridgehead atoms. The van der Waals surface area contributed by atoms with Crippen LogP contribution in [-0.2, 0) is 4.79 Å². The number of hydrogen-bond donors (Lipinski definition) is 0. The molecule has 1 amide bonds. The molecule has 0 atom stereocenters. The van der Waals surface area contributed by atoms with Crippen LogP contribution in [0, 0.1) is 15.5 Å². The first-order chi connectivity index (χ1) is 10.6. The Morgan fingerprint density at radius 2 is 1.78 bits per heavy atom. The van der Waals surface area contributed by atoms with Gasteiger partial charge in [-0.2, -0.15) is 0 Å². The van der Waals surface area contributed by atoms with Gasteiger partial charge in [-0.1, -0.05) is 38.8 Å². The van der Waals surface area contributed by atoms with Crippen molar-refractivity contribution in [2.75, 3.05) is 13.6 Å². The number of nitro groups is 1. The zero-order chi connectivity index (χ0) is 18.0. The highest BCUT2D eigenvalue weighted by Gasteiger charge is 2.19. The van der Waals surface area contributed by atoms with Gasteiger partial charge in [-0.05, 0) is 31.6 Å². The van der Waals surface area contributed by atoms with Gasteiger partial charge in [0, 0.05) is 33.0 Å². The number of allylic oxidation sites excluding steroid dienone is 3. The Morgan fingerprint density at radius 3 is 2.30 bits per heavy atom. The number of carbonyl (C=O) groups excluding carboxylic acids is 1. The number of carbonyl (C=O) groups is 1. The zero-order valence-corrected chi connectivity index (χ0v) is 15.5. The van der Waals surface area contributed by atoms with Gasteiger partial charge in [-0.15, -0.1) is 0 Å². The largest absolute Gasteiger partial charge is 0.345 e. The summed E-state index contributed by atoms with van der Waals surface area (Å²) in [6.07, 6.45) is 7.73. The van der Waals surface area contributed by atoms with Crippen molar-refractivity contribution in [1.29, 1.82) is 0 Å². The summed E-state index contributed by atoms with van der Waals surface area (Å²) in [5, 5.41) is 10.5. The second kappa shape index (κ2) is 10.2. The minimum atomic E-state index is -0.405. The first-order valence-electron chi connectivity index (χ1n) is 8.31. The first-order valence-corrected chi connectivity index (χ1v) is 8.31. The lowest BCUT2D eigenvalue weighted by Crippen LogP contribution is -2.29. The SMILES string of the molecule is CCCC(C)(C)CCC(=O)N(C)CC/C(C)=C/C=C(\C)[N+](=O)[O-]. The molecule has 0 aliphatic rings. The van der Waals surface area contributed by atoms with Gasteiger partial charge < -0.3 is 4.90 Å². The van der Waals surface area contributed by atoms with E-state index in [9.17, 15) is 14.9 Å². The highest BCUT2D eigenvalue weighted by Crippen LogP contribution is 2.28. The van der Waals surface area contributed by atoms with Crippen LogP contribution in [0.4, 0.5) is 0 Å². The fraction of sp³-hybridized carbons (Fsp3) is 0.722. The smallest absolute Gasteiger partial charge is 0.243 e. The third kappa shape index (κ3) is 9.87. The molecule has 0 saturated heterocycles. The average molecular weight is 324 g/mol. The predicted molar refractivity (Wildman–Crippen MR) is 94.7 cm³/mol. The molecule has 0 aliphatic carbocycles. The first kappa shape index (κ1) is 21.4. The molecule has 0 aromatic heterocycles. The summed E-state index contributed by atoms with van der Waals surface area (Å²) in [5.41, 5.74) is 1.36. The van der Waals surface area contributed by atoms with Gasteiger partial charge in [-0.3, -0.25) is 14.9 Å². The van der Waals surface area contributed by atoms with E-state index >= 15 is 0 Å². The summed E-state index contributed by atoms with van der Waals surface area (Å²) >= 11 is 0. The second-order valence-corrected chi connectivity index (χ2v) is 7.06. The minimum absolute atomic E-state index is 0.118. The molecule has 0 aromatic carbocycles. The van der Waals surface area contributed by atoms with Gasteiger partial charge in [-0.25, -0.2) is 0 Å². The van der Waals surface area contributed by atoms with Crippen LogP contribution in [0.15, 0.2) is 23.4 Å². The van der Waals surface area contributed by atoms with Gasteiger partial charge in [0.15, 0.2) is 0 Å². The van der Waals surface area contributed by atoms with Crippen molar-refractivity contribution in [2.24, 2.45) is 5.41 Å². The number of amides is 1. The van der Waals surface area contributed by atoms with E-state index in [-0.39, 0.29) is 17.0 Å². The summed E-state index contributed by atoms with van der Waals surface area (Å²) in [6.45, 7) is 10.6. The lowest BCUT2D eigenvalue weighted by molar-refractivity contribution is -0.424. The molecule has 5 heteroatoms. The second-order valence-electron chi connectivity index (χ2n) is 7.06. The van der Waals surface area contributed by atoms with Crippen molar-refractivity contribution in [3.63, 3.8) is 0 Å². The van der Waals surface area contributed by atoms with Crippen molar-refractivity contribution in [3.8, 4) is 0 Å². The van der Waals surface area contributed by atoms with Crippen LogP contribution in [-0.4, -0.2) is 29.3 Å². The summed E-state index contributed by atoms with van der Waals surface area (Å²) in [6, 6.07) is 0. The predicted octanol–water partition coefficient (Wildman–Crippen LogP) is 4.57. The van der Waals surface area contributed by atoms with Crippen molar-refractivity contribution in [1.82, 2.24) is 4.90 Å². The van der Waals surface area contributed by atoms with Gasteiger partial charge in [0.1, 0.15) is 0 Å². The zero-order valence-electron chi connectivity index (χ0n) is 15.5. The molecule has 5 nitrogen and oxygen atoms in total. The number of nitrogens with zero attached hydrogens (tertiary/aromatic N) is 2. The average Bonchev–Trinajstić information content (AvgIpc) is 2.47. The number of hydrogen-bond acceptors (Lipinski definition) is 3. The van der Waals surface area contributed by atoms with Gasteiger partial charge in [0.25, 0.3) is 0 Å². The molecular formula is C18H32N2O3. The van der Waals surface area contributed by atoms with Crippen molar-refractivity contribution < 1.29 is 9.72 Å². The Balaban J connectivity index is 4.31. The lowest BCUT2D eigenvalue weighted by atomic mass is 9.83. The highest BCUT2D eigenvalue weighted by molar-refractivity contribution is 5.75. The topological polar surface area (TPSA) is 63.5 Å². The third-order valence-electron chi connectivity index (χ3n) is 4.11. The quantitative estimate of drug-likeness (QED) is 0.336. The molecule has 0 aromatic rings. The van der Waals surface area contributed by atoms with E-state index < -0.39 is 4.92 Å². The summed E-state index contributed by atoms with van der Waals surface area (Å²) < 4.78 is 0. The summed E-state index contributed by atoms with van der Waals surface area (Å²) in [5.74, 6) is 0.166. The molecule has 0 heterocycles.